The van der Waals surface area contributed by atoms with Crippen molar-refractivity contribution in [3.05, 3.63) is 35.9 Å². The number of carbonyl (C=O) groups is 2. The summed E-state index contributed by atoms with van der Waals surface area (Å²) in [7, 11) is 0. The molecule has 1 aromatic heterocycles. The summed E-state index contributed by atoms with van der Waals surface area (Å²) in [5, 5.41) is 8.83. The highest BCUT2D eigenvalue weighted by atomic mass is 35.5. The monoisotopic (exact) mass is 255 g/mol. The molecule has 0 aliphatic heterocycles. The first-order valence-electron chi connectivity index (χ1n) is 4.64. The van der Waals surface area contributed by atoms with Gasteiger partial charge in [0.15, 0.2) is 0 Å². The first kappa shape index (κ1) is 13.1. The van der Waals surface area contributed by atoms with Gasteiger partial charge in [0.1, 0.15) is 17.4 Å². The van der Waals surface area contributed by atoms with Crippen molar-refractivity contribution in [1.29, 1.82) is 0 Å². The van der Waals surface area contributed by atoms with Crippen LogP contribution in [0, 0.1) is 0 Å². The number of rotatable bonds is 5. The summed E-state index contributed by atoms with van der Waals surface area (Å²) in [6.07, 6.45) is 3.86. The summed E-state index contributed by atoms with van der Waals surface area (Å²) in [5.41, 5.74) is 0.0394. The quantitative estimate of drug-likeness (QED) is 0.789. The van der Waals surface area contributed by atoms with Gasteiger partial charge < -0.3 is 10.0 Å². The molecule has 6 nitrogen and oxygen atoms in total. The molecule has 0 radical (unpaired) electrons. The van der Waals surface area contributed by atoms with E-state index in [1.165, 1.54) is 18.5 Å². The van der Waals surface area contributed by atoms with E-state index in [-0.39, 0.29) is 17.4 Å². The number of carbonyl (C=O) groups excluding carboxylic acids is 1. The van der Waals surface area contributed by atoms with Crippen LogP contribution in [0.15, 0.2) is 25.0 Å². The Labute approximate surface area is 103 Å². The molecule has 0 bridgehead atoms. The molecule has 90 valence electrons. The topological polar surface area (TPSA) is 83.4 Å². The van der Waals surface area contributed by atoms with Gasteiger partial charge in [0.05, 0.1) is 12.4 Å². The van der Waals surface area contributed by atoms with Crippen LogP contribution < -0.4 is 0 Å². The molecule has 1 aromatic rings. The van der Waals surface area contributed by atoms with Crippen LogP contribution in [0.4, 0.5) is 0 Å². The minimum atomic E-state index is -1.11. The lowest BCUT2D eigenvalue weighted by Crippen LogP contribution is -2.36. The van der Waals surface area contributed by atoms with Crippen molar-refractivity contribution in [2.75, 3.05) is 13.1 Å². The van der Waals surface area contributed by atoms with Gasteiger partial charge in [-0.3, -0.25) is 9.59 Å². The average Bonchev–Trinajstić information content (AvgIpc) is 2.28. The summed E-state index contributed by atoms with van der Waals surface area (Å²) < 4.78 is 0. The fourth-order valence-corrected chi connectivity index (χ4v) is 1.22. The van der Waals surface area contributed by atoms with E-state index in [1.54, 1.807) is 0 Å². The molecule has 0 saturated heterocycles. The molecule has 1 heterocycles. The Morgan fingerprint density at radius 1 is 1.47 bits per heavy atom. The van der Waals surface area contributed by atoms with Crippen molar-refractivity contribution in [2.24, 2.45) is 0 Å². The smallest absolute Gasteiger partial charge is 0.323 e. The third kappa shape index (κ3) is 3.84. The molecule has 1 rings (SSSR count). The third-order valence-electron chi connectivity index (χ3n) is 1.80. The number of carboxylic acids is 1. The van der Waals surface area contributed by atoms with E-state index < -0.39 is 18.4 Å². The molecule has 0 aliphatic rings. The Hall–Kier alpha value is -1.95. The fourth-order valence-electron chi connectivity index (χ4n) is 1.12. The minimum Gasteiger partial charge on any atom is -0.480 e. The number of hydrogen-bond donors (Lipinski definition) is 1. The van der Waals surface area contributed by atoms with Gasteiger partial charge in [-0.1, -0.05) is 17.7 Å². The molecule has 0 fully saturated rings. The number of nitrogens with zero attached hydrogens (tertiary/aromatic N) is 3. The van der Waals surface area contributed by atoms with E-state index in [2.05, 4.69) is 16.5 Å². The first-order chi connectivity index (χ1) is 8.04. The highest BCUT2D eigenvalue weighted by Crippen LogP contribution is 2.04. The standard InChI is InChI=1S/C10H10ClN3O3/c1-2-3-14(6-9(15)16)10(17)7-4-13-8(11)5-12-7/h2,4-5H,1,3,6H2,(H,15,16). The highest BCUT2D eigenvalue weighted by molar-refractivity contribution is 6.29. The van der Waals surface area contributed by atoms with E-state index in [4.69, 9.17) is 16.7 Å². The van der Waals surface area contributed by atoms with Crippen molar-refractivity contribution < 1.29 is 14.7 Å². The Kier molecular flexibility index (Phi) is 4.59. The van der Waals surface area contributed by atoms with E-state index in [0.717, 1.165) is 4.90 Å². The second-order valence-corrected chi connectivity index (χ2v) is 3.48. The fraction of sp³-hybridized carbons (Fsp3) is 0.200. The van der Waals surface area contributed by atoms with Gasteiger partial charge in [-0.05, 0) is 0 Å². The van der Waals surface area contributed by atoms with Crippen LogP contribution in [-0.2, 0) is 4.79 Å². The van der Waals surface area contributed by atoms with Crippen LogP contribution in [0.25, 0.3) is 0 Å². The lowest BCUT2D eigenvalue weighted by molar-refractivity contribution is -0.137. The largest absolute Gasteiger partial charge is 0.480 e. The summed E-state index contributed by atoms with van der Waals surface area (Å²) in [6, 6.07) is 0. The Balaban J connectivity index is 2.86. The van der Waals surface area contributed by atoms with Gasteiger partial charge in [0.2, 0.25) is 0 Å². The lowest BCUT2D eigenvalue weighted by Gasteiger charge is -2.17. The van der Waals surface area contributed by atoms with Crippen LogP contribution in [0.5, 0.6) is 0 Å². The number of hydrogen-bond acceptors (Lipinski definition) is 4. The first-order valence-corrected chi connectivity index (χ1v) is 5.02. The van der Waals surface area contributed by atoms with Crippen molar-refractivity contribution in [2.45, 2.75) is 0 Å². The summed E-state index contributed by atoms with van der Waals surface area (Å²) in [6.45, 7) is 3.15. The molecule has 0 saturated carbocycles. The van der Waals surface area contributed by atoms with Crippen molar-refractivity contribution >= 4 is 23.5 Å². The Bertz CT molecular complexity index is 433. The zero-order valence-electron chi connectivity index (χ0n) is 8.84. The Morgan fingerprint density at radius 2 is 2.18 bits per heavy atom. The maximum absolute atomic E-state index is 11.9. The SMILES string of the molecule is C=CCN(CC(=O)O)C(=O)c1cnc(Cl)cn1. The second-order valence-electron chi connectivity index (χ2n) is 3.09. The molecule has 0 aromatic carbocycles. The molecule has 1 amide bonds. The van der Waals surface area contributed by atoms with Gasteiger partial charge in [-0.15, -0.1) is 6.58 Å². The molecule has 0 spiro atoms. The summed E-state index contributed by atoms with van der Waals surface area (Å²) in [4.78, 5) is 31.0. The van der Waals surface area contributed by atoms with Gasteiger partial charge in [0, 0.05) is 6.54 Å². The maximum atomic E-state index is 11.9. The molecule has 0 atom stereocenters. The number of carboxylic acid groups (broad SMARTS) is 1. The van der Waals surface area contributed by atoms with Crippen LogP contribution in [0.2, 0.25) is 5.15 Å². The predicted molar refractivity (Wildman–Crippen MR) is 60.8 cm³/mol. The predicted octanol–water partition coefficient (Wildman–Crippen LogP) is 0.843. The van der Waals surface area contributed by atoms with Gasteiger partial charge in [0.25, 0.3) is 5.91 Å². The number of aliphatic carboxylic acids is 1. The zero-order chi connectivity index (χ0) is 12.8. The van der Waals surface area contributed by atoms with Crippen molar-refractivity contribution in [3.8, 4) is 0 Å². The molecule has 0 unspecified atom stereocenters. The Morgan fingerprint density at radius 3 is 2.65 bits per heavy atom. The van der Waals surface area contributed by atoms with E-state index in [1.807, 2.05) is 0 Å². The zero-order valence-corrected chi connectivity index (χ0v) is 9.59. The minimum absolute atomic E-state index is 0.0394. The van der Waals surface area contributed by atoms with E-state index in [0.29, 0.717) is 0 Å². The number of halogens is 1. The molecule has 1 N–H and O–H groups in total. The maximum Gasteiger partial charge on any atom is 0.323 e. The summed E-state index contributed by atoms with van der Waals surface area (Å²) >= 11 is 5.53. The lowest BCUT2D eigenvalue weighted by atomic mass is 10.3. The molecule has 7 heteroatoms. The molecular formula is C10H10ClN3O3. The van der Waals surface area contributed by atoms with Crippen LogP contribution in [-0.4, -0.2) is 44.9 Å². The second kappa shape index (κ2) is 5.95. The van der Waals surface area contributed by atoms with Gasteiger partial charge in [-0.2, -0.15) is 0 Å². The van der Waals surface area contributed by atoms with Crippen molar-refractivity contribution in [1.82, 2.24) is 14.9 Å². The highest BCUT2D eigenvalue weighted by Gasteiger charge is 2.18. The van der Waals surface area contributed by atoms with Crippen LogP contribution in [0.3, 0.4) is 0 Å². The molecule has 0 aliphatic carbocycles. The van der Waals surface area contributed by atoms with Crippen LogP contribution >= 0.6 is 11.6 Å². The normalized spacial score (nSPS) is 9.71. The van der Waals surface area contributed by atoms with Crippen molar-refractivity contribution in [3.63, 3.8) is 0 Å². The number of amides is 1. The van der Waals surface area contributed by atoms with E-state index in [9.17, 15) is 9.59 Å². The molecule has 17 heavy (non-hydrogen) atoms. The summed E-state index contributed by atoms with van der Waals surface area (Å²) in [5.74, 6) is -1.64. The van der Waals surface area contributed by atoms with Gasteiger partial charge >= 0.3 is 5.97 Å². The third-order valence-corrected chi connectivity index (χ3v) is 2.00. The van der Waals surface area contributed by atoms with E-state index >= 15 is 0 Å². The number of aromatic nitrogens is 2. The van der Waals surface area contributed by atoms with Gasteiger partial charge in [-0.25, -0.2) is 9.97 Å². The molecular weight excluding hydrogens is 246 g/mol. The average molecular weight is 256 g/mol. The van der Waals surface area contributed by atoms with Crippen LogP contribution in [0.1, 0.15) is 10.5 Å².